The number of carboxylic acid groups (broad SMARTS) is 1. The third-order valence-corrected chi connectivity index (χ3v) is 2.86. The van der Waals surface area contributed by atoms with Crippen molar-refractivity contribution in [3.05, 3.63) is 69.8 Å². The van der Waals surface area contributed by atoms with Crippen molar-refractivity contribution in [2.45, 2.75) is 0 Å². The first-order valence-corrected chi connectivity index (χ1v) is 6.48. The standard InChI is InChI=1S/C16H12N2O5/c19-15-6-5-14(18(22)23)9-12(15)10-17-13-3-1-2-11(8-13)4-7-16(20)21/h1-10,19H,(H,20,21). The van der Waals surface area contributed by atoms with E-state index in [0.29, 0.717) is 11.3 Å². The number of phenolic OH excluding ortho intramolecular Hbond substituents is 1. The smallest absolute Gasteiger partial charge is 0.328 e. The van der Waals surface area contributed by atoms with E-state index in [2.05, 4.69) is 4.99 Å². The van der Waals surface area contributed by atoms with Crippen molar-refractivity contribution in [3.8, 4) is 5.75 Å². The number of rotatable bonds is 5. The second-order valence-electron chi connectivity index (χ2n) is 4.52. The number of nitro benzene ring substituents is 1. The molecule has 0 unspecified atom stereocenters. The summed E-state index contributed by atoms with van der Waals surface area (Å²) < 4.78 is 0. The van der Waals surface area contributed by atoms with Crippen LogP contribution in [-0.2, 0) is 4.79 Å². The van der Waals surface area contributed by atoms with Crippen molar-refractivity contribution in [1.29, 1.82) is 0 Å². The molecule has 2 rings (SSSR count). The maximum Gasteiger partial charge on any atom is 0.328 e. The highest BCUT2D eigenvalue weighted by atomic mass is 16.6. The lowest BCUT2D eigenvalue weighted by molar-refractivity contribution is -0.384. The van der Waals surface area contributed by atoms with E-state index >= 15 is 0 Å². The molecule has 0 spiro atoms. The third-order valence-electron chi connectivity index (χ3n) is 2.86. The van der Waals surface area contributed by atoms with Gasteiger partial charge in [0.05, 0.1) is 10.6 Å². The van der Waals surface area contributed by atoms with Gasteiger partial charge in [-0.2, -0.15) is 0 Å². The number of carboxylic acids is 1. The van der Waals surface area contributed by atoms with Gasteiger partial charge in [0.25, 0.3) is 5.69 Å². The zero-order valence-electron chi connectivity index (χ0n) is 11.8. The van der Waals surface area contributed by atoms with Crippen molar-refractivity contribution in [3.63, 3.8) is 0 Å². The molecule has 0 aliphatic rings. The van der Waals surface area contributed by atoms with Gasteiger partial charge in [0, 0.05) is 30.0 Å². The van der Waals surface area contributed by atoms with Crippen LogP contribution in [-0.4, -0.2) is 27.3 Å². The van der Waals surface area contributed by atoms with E-state index in [1.807, 2.05) is 0 Å². The fourth-order valence-corrected chi connectivity index (χ4v) is 1.78. The topological polar surface area (TPSA) is 113 Å². The number of aliphatic imine (C=N–C) groups is 1. The van der Waals surface area contributed by atoms with Crippen LogP contribution in [0.1, 0.15) is 11.1 Å². The molecule has 0 bridgehead atoms. The first-order valence-electron chi connectivity index (χ1n) is 6.48. The number of nitrogens with zero attached hydrogens (tertiary/aromatic N) is 2. The molecule has 0 fully saturated rings. The van der Waals surface area contributed by atoms with Crippen LogP contribution in [0.15, 0.2) is 53.5 Å². The number of benzene rings is 2. The zero-order valence-corrected chi connectivity index (χ0v) is 11.8. The number of nitro groups is 1. The maximum absolute atomic E-state index is 10.7. The molecule has 2 aromatic rings. The van der Waals surface area contributed by atoms with E-state index in [1.54, 1.807) is 24.3 Å². The number of hydrogen-bond donors (Lipinski definition) is 2. The molecular weight excluding hydrogens is 300 g/mol. The van der Waals surface area contributed by atoms with E-state index in [0.717, 1.165) is 6.08 Å². The summed E-state index contributed by atoms with van der Waals surface area (Å²) in [6.07, 6.45) is 3.74. The molecule has 7 nitrogen and oxygen atoms in total. The van der Waals surface area contributed by atoms with Crippen LogP contribution in [0.3, 0.4) is 0 Å². The molecule has 0 amide bonds. The molecule has 0 aliphatic heterocycles. The predicted octanol–water partition coefficient (Wildman–Crippen LogP) is 3.15. The monoisotopic (exact) mass is 312 g/mol. The van der Waals surface area contributed by atoms with Crippen molar-refractivity contribution >= 4 is 29.6 Å². The van der Waals surface area contributed by atoms with Gasteiger partial charge in [-0.15, -0.1) is 0 Å². The molecule has 116 valence electrons. The molecule has 0 aromatic heterocycles. The van der Waals surface area contributed by atoms with E-state index in [-0.39, 0.29) is 17.0 Å². The Morgan fingerprint density at radius 3 is 2.70 bits per heavy atom. The Morgan fingerprint density at radius 1 is 1.22 bits per heavy atom. The minimum absolute atomic E-state index is 0.124. The van der Waals surface area contributed by atoms with Crippen LogP contribution >= 0.6 is 0 Å². The summed E-state index contributed by atoms with van der Waals surface area (Å²) in [6, 6.07) is 10.4. The lowest BCUT2D eigenvalue weighted by Crippen LogP contribution is -1.90. The number of carbonyl (C=O) groups is 1. The van der Waals surface area contributed by atoms with Gasteiger partial charge >= 0.3 is 5.97 Å². The van der Waals surface area contributed by atoms with Crippen molar-refractivity contribution in [2.24, 2.45) is 4.99 Å². The number of aliphatic carboxylic acids is 1. The highest BCUT2D eigenvalue weighted by Gasteiger charge is 2.08. The number of phenols is 1. The summed E-state index contributed by atoms with van der Waals surface area (Å²) in [7, 11) is 0. The van der Waals surface area contributed by atoms with E-state index in [4.69, 9.17) is 5.11 Å². The van der Waals surface area contributed by atoms with Crippen LogP contribution in [0, 0.1) is 10.1 Å². The van der Waals surface area contributed by atoms with Gasteiger partial charge in [-0.25, -0.2) is 4.79 Å². The highest BCUT2D eigenvalue weighted by Crippen LogP contribution is 2.22. The molecule has 0 saturated heterocycles. The fourth-order valence-electron chi connectivity index (χ4n) is 1.78. The van der Waals surface area contributed by atoms with Crippen LogP contribution in [0.25, 0.3) is 6.08 Å². The molecular formula is C16H12N2O5. The van der Waals surface area contributed by atoms with Gasteiger partial charge < -0.3 is 10.2 Å². The molecule has 0 atom stereocenters. The lowest BCUT2D eigenvalue weighted by Gasteiger charge is -1.99. The predicted molar refractivity (Wildman–Crippen MR) is 85.1 cm³/mol. The molecule has 0 aliphatic carbocycles. The van der Waals surface area contributed by atoms with Crippen LogP contribution in [0.2, 0.25) is 0 Å². The Balaban J connectivity index is 2.27. The Labute approximate surface area is 131 Å². The minimum Gasteiger partial charge on any atom is -0.507 e. The lowest BCUT2D eigenvalue weighted by atomic mass is 10.1. The Kier molecular flexibility index (Phi) is 4.83. The van der Waals surface area contributed by atoms with Gasteiger partial charge in [-0.1, -0.05) is 12.1 Å². The van der Waals surface area contributed by atoms with Gasteiger partial charge in [0.1, 0.15) is 5.75 Å². The molecule has 23 heavy (non-hydrogen) atoms. The summed E-state index contributed by atoms with van der Waals surface area (Å²) in [6.45, 7) is 0. The summed E-state index contributed by atoms with van der Waals surface area (Å²) in [5, 5.41) is 29.0. The number of aromatic hydroxyl groups is 1. The van der Waals surface area contributed by atoms with Gasteiger partial charge in [0.2, 0.25) is 0 Å². The van der Waals surface area contributed by atoms with Gasteiger partial charge in [-0.05, 0) is 29.8 Å². The van der Waals surface area contributed by atoms with Crippen molar-refractivity contribution in [1.82, 2.24) is 0 Å². The van der Waals surface area contributed by atoms with Crippen LogP contribution < -0.4 is 0 Å². The maximum atomic E-state index is 10.7. The van der Waals surface area contributed by atoms with Crippen LogP contribution in [0.4, 0.5) is 11.4 Å². The first-order chi connectivity index (χ1) is 11.0. The second kappa shape index (κ2) is 6.99. The van der Waals surface area contributed by atoms with Gasteiger partial charge in [-0.3, -0.25) is 15.1 Å². The first kappa shape index (κ1) is 15.9. The molecule has 0 saturated carbocycles. The molecule has 0 heterocycles. The normalized spacial score (nSPS) is 11.1. The second-order valence-corrected chi connectivity index (χ2v) is 4.52. The Hall–Kier alpha value is -3.48. The summed E-state index contributed by atoms with van der Waals surface area (Å²) >= 11 is 0. The SMILES string of the molecule is O=C(O)C=Cc1cccc(N=Cc2cc([N+](=O)[O-])ccc2O)c1. The van der Waals surface area contributed by atoms with E-state index in [1.165, 1.54) is 30.5 Å². The third kappa shape index (κ3) is 4.50. The number of hydrogen-bond acceptors (Lipinski definition) is 5. The Morgan fingerprint density at radius 2 is 2.00 bits per heavy atom. The van der Waals surface area contributed by atoms with Gasteiger partial charge in [0.15, 0.2) is 0 Å². The molecule has 0 radical (unpaired) electrons. The fraction of sp³-hybridized carbons (Fsp3) is 0. The van der Waals surface area contributed by atoms with Crippen molar-refractivity contribution < 1.29 is 19.9 Å². The molecule has 7 heteroatoms. The van der Waals surface area contributed by atoms with E-state index < -0.39 is 10.9 Å². The number of non-ortho nitro benzene ring substituents is 1. The Bertz CT molecular complexity index is 812. The van der Waals surface area contributed by atoms with Crippen molar-refractivity contribution in [2.75, 3.05) is 0 Å². The minimum atomic E-state index is -1.06. The van der Waals surface area contributed by atoms with E-state index in [9.17, 15) is 20.0 Å². The largest absolute Gasteiger partial charge is 0.507 e. The quantitative estimate of drug-likeness (QED) is 0.381. The molecule has 2 aromatic carbocycles. The van der Waals surface area contributed by atoms with Crippen LogP contribution in [0.5, 0.6) is 5.75 Å². The average Bonchev–Trinajstić information content (AvgIpc) is 2.52. The highest BCUT2D eigenvalue weighted by molar-refractivity contribution is 5.87. The molecule has 2 N–H and O–H groups in total. The summed E-state index contributed by atoms with van der Waals surface area (Å²) in [5.74, 6) is -1.18. The zero-order chi connectivity index (χ0) is 16.8. The summed E-state index contributed by atoms with van der Waals surface area (Å²) in [4.78, 5) is 24.8. The average molecular weight is 312 g/mol. The summed E-state index contributed by atoms with van der Waals surface area (Å²) in [5.41, 5.74) is 1.22.